The Balaban J connectivity index is 5.25. The molecule has 0 heterocycles. The molecule has 0 rings (SSSR count). The van der Waals surface area contributed by atoms with Gasteiger partial charge in [-0.1, -0.05) is 376 Å². The molecular weight excluding hydrogens is 1320 g/mol. The van der Waals surface area contributed by atoms with Crippen LogP contribution < -0.4 is 0 Å². The van der Waals surface area contributed by atoms with Crippen LogP contribution in [-0.2, 0) is 65.4 Å². The number of unbranched alkanes of at least 4 members (excludes halogenated alkanes) is 45. The first kappa shape index (κ1) is 99.1. The lowest BCUT2D eigenvalue weighted by atomic mass is 9.99. The average Bonchev–Trinajstić information content (AvgIpc) is 0.954. The minimum atomic E-state index is -4.96. The Hall–Kier alpha value is -1.94. The van der Waals surface area contributed by atoms with Gasteiger partial charge in [-0.2, -0.15) is 0 Å². The van der Waals surface area contributed by atoms with E-state index >= 15 is 0 Å². The van der Waals surface area contributed by atoms with Gasteiger partial charge < -0.3 is 33.8 Å². The van der Waals surface area contributed by atoms with E-state index in [9.17, 15) is 43.2 Å². The van der Waals surface area contributed by atoms with E-state index in [1.807, 2.05) is 0 Å². The van der Waals surface area contributed by atoms with E-state index < -0.39 is 97.5 Å². The first-order valence-corrected chi connectivity index (χ1v) is 45.5. The molecule has 0 saturated heterocycles. The highest BCUT2D eigenvalue weighted by Gasteiger charge is 2.30. The van der Waals surface area contributed by atoms with E-state index in [1.54, 1.807) is 0 Å². The van der Waals surface area contributed by atoms with E-state index in [2.05, 4.69) is 48.5 Å². The topological polar surface area (TPSA) is 237 Å². The Morgan fingerprint density at radius 2 is 0.475 bits per heavy atom. The highest BCUT2D eigenvalue weighted by atomic mass is 31.2. The summed E-state index contributed by atoms with van der Waals surface area (Å²) in [4.78, 5) is 73.1. The van der Waals surface area contributed by atoms with Gasteiger partial charge in [0.1, 0.15) is 19.3 Å². The van der Waals surface area contributed by atoms with E-state index in [1.165, 1.54) is 231 Å². The number of aliphatic hydroxyl groups excluding tert-OH is 1. The molecule has 0 aromatic carbocycles. The molecule has 0 aliphatic heterocycles. The summed E-state index contributed by atoms with van der Waals surface area (Å²) in [5, 5.41) is 10.7. The quantitative estimate of drug-likeness (QED) is 0.0222. The number of esters is 4. The molecule has 19 heteroatoms. The Bertz CT molecular complexity index is 1960. The van der Waals surface area contributed by atoms with Crippen LogP contribution in [0.5, 0.6) is 0 Å². The third-order valence-corrected chi connectivity index (χ3v) is 22.1. The summed E-state index contributed by atoms with van der Waals surface area (Å²) < 4.78 is 68.8. The summed E-state index contributed by atoms with van der Waals surface area (Å²) in [5.74, 6) is 0.317. The molecule has 0 saturated carbocycles. The fourth-order valence-corrected chi connectivity index (χ4v) is 14.1. The lowest BCUT2D eigenvalue weighted by Crippen LogP contribution is -2.30. The van der Waals surface area contributed by atoms with E-state index in [4.69, 9.17) is 37.0 Å². The number of ether oxygens (including phenoxy) is 4. The number of rotatable bonds is 80. The number of carbonyl (C=O) groups is 4. The maximum absolute atomic E-state index is 13.1. The predicted octanol–water partition coefficient (Wildman–Crippen LogP) is 24.5. The minimum absolute atomic E-state index is 0.107. The molecule has 0 aliphatic carbocycles. The van der Waals surface area contributed by atoms with Gasteiger partial charge in [0.15, 0.2) is 12.2 Å². The summed E-state index contributed by atoms with van der Waals surface area (Å²) in [6.45, 7) is 12.0. The second-order valence-electron chi connectivity index (χ2n) is 30.2. The summed E-state index contributed by atoms with van der Waals surface area (Å²) >= 11 is 0. The fraction of sp³-hybridized carbons (Fsp3) is 0.951. The lowest BCUT2D eigenvalue weighted by molar-refractivity contribution is -0.161. The number of aliphatic hydroxyl groups is 1. The predicted molar refractivity (Wildman–Crippen MR) is 414 cm³/mol. The number of hydrogen-bond donors (Lipinski definition) is 3. The summed E-state index contributed by atoms with van der Waals surface area (Å²) in [6, 6.07) is 0. The van der Waals surface area contributed by atoms with Crippen LogP contribution in [0.2, 0.25) is 0 Å². The van der Waals surface area contributed by atoms with Gasteiger partial charge in [0.05, 0.1) is 26.4 Å². The highest BCUT2D eigenvalue weighted by molar-refractivity contribution is 7.47. The first-order valence-electron chi connectivity index (χ1n) is 42.5. The molecule has 17 nitrogen and oxygen atoms in total. The smallest absolute Gasteiger partial charge is 0.462 e. The van der Waals surface area contributed by atoms with Gasteiger partial charge in [0.25, 0.3) is 0 Å². The molecular formula is C82H160O17P2. The Kier molecular flexibility index (Phi) is 70.9. The van der Waals surface area contributed by atoms with Gasteiger partial charge in [-0.15, -0.1) is 0 Å². The van der Waals surface area contributed by atoms with Crippen molar-refractivity contribution < 1.29 is 80.2 Å². The molecule has 0 aromatic heterocycles. The van der Waals surface area contributed by atoms with Crippen molar-refractivity contribution in [3.05, 3.63) is 0 Å². The second kappa shape index (κ2) is 72.3. The van der Waals surface area contributed by atoms with Crippen LogP contribution >= 0.6 is 15.6 Å². The van der Waals surface area contributed by atoms with Gasteiger partial charge in [-0.05, 0) is 43.4 Å². The molecule has 5 unspecified atom stereocenters. The zero-order valence-corrected chi connectivity index (χ0v) is 68.2. The van der Waals surface area contributed by atoms with Gasteiger partial charge >= 0.3 is 39.5 Å². The fourth-order valence-electron chi connectivity index (χ4n) is 12.6. The molecule has 0 fully saturated rings. The van der Waals surface area contributed by atoms with Crippen molar-refractivity contribution >= 4 is 39.5 Å². The van der Waals surface area contributed by atoms with Crippen molar-refractivity contribution in [2.45, 2.75) is 446 Å². The number of phosphoric ester groups is 2. The summed E-state index contributed by atoms with van der Waals surface area (Å²) in [7, 11) is -9.92. The van der Waals surface area contributed by atoms with Crippen LogP contribution in [0.4, 0.5) is 0 Å². The highest BCUT2D eigenvalue weighted by Crippen LogP contribution is 2.45. The molecule has 0 amide bonds. The third kappa shape index (κ3) is 72.1. The van der Waals surface area contributed by atoms with Crippen LogP contribution in [-0.4, -0.2) is 96.7 Å². The Morgan fingerprint density at radius 1 is 0.277 bits per heavy atom. The lowest BCUT2D eigenvalue weighted by Gasteiger charge is -2.21. The summed E-state index contributed by atoms with van der Waals surface area (Å²) in [6.07, 6.45) is 60.9. The van der Waals surface area contributed by atoms with Crippen molar-refractivity contribution in [3.63, 3.8) is 0 Å². The summed E-state index contributed by atoms with van der Waals surface area (Å²) in [5.41, 5.74) is 0. The maximum atomic E-state index is 13.1. The SMILES string of the molecule is CCCCCCCCCCCCCCCCCC(=O)O[C@H](COC(=O)CCCCCCCCC(C)CC)COP(=O)(O)OC[C@H](O)COP(=O)(O)OC[C@@H](COC(=O)CCCCCCCCCCCCCCCCC(C)CC)OC(=O)CCCCCCCCCCCCCCCCC(C)CC. The zero-order chi connectivity index (χ0) is 74.4. The van der Waals surface area contributed by atoms with Gasteiger partial charge in [0.2, 0.25) is 0 Å². The van der Waals surface area contributed by atoms with E-state index in [-0.39, 0.29) is 25.7 Å². The Morgan fingerprint density at radius 3 is 0.703 bits per heavy atom. The van der Waals surface area contributed by atoms with Crippen molar-refractivity contribution in [1.29, 1.82) is 0 Å². The number of phosphoric acid groups is 2. The van der Waals surface area contributed by atoms with Crippen molar-refractivity contribution in [2.24, 2.45) is 17.8 Å². The van der Waals surface area contributed by atoms with Gasteiger partial charge in [-0.3, -0.25) is 37.3 Å². The normalized spacial score (nSPS) is 14.8. The third-order valence-electron chi connectivity index (χ3n) is 20.2. The van der Waals surface area contributed by atoms with Crippen LogP contribution in [0.3, 0.4) is 0 Å². The molecule has 0 spiro atoms. The molecule has 600 valence electrons. The average molecular weight is 1480 g/mol. The first-order chi connectivity index (χ1) is 48.8. The van der Waals surface area contributed by atoms with Crippen LogP contribution in [0.15, 0.2) is 0 Å². The molecule has 0 aliphatic rings. The monoisotopic (exact) mass is 1480 g/mol. The van der Waals surface area contributed by atoms with E-state index in [0.29, 0.717) is 25.7 Å². The molecule has 0 aromatic rings. The van der Waals surface area contributed by atoms with Gasteiger partial charge in [0, 0.05) is 25.7 Å². The zero-order valence-electron chi connectivity index (χ0n) is 66.4. The minimum Gasteiger partial charge on any atom is -0.462 e. The Labute approximate surface area is 619 Å². The molecule has 101 heavy (non-hydrogen) atoms. The van der Waals surface area contributed by atoms with Crippen molar-refractivity contribution in [1.82, 2.24) is 0 Å². The molecule has 8 atom stereocenters. The van der Waals surface area contributed by atoms with Crippen LogP contribution in [0.25, 0.3) is 0 Å². The van der Waals surface area contributed by atoms with Gasteiger partial charge in [-0.25, -0.2) is 9.13 Å². The molecule has 0 bridgehead atoms. The molecule has 0 radical (unpaired) electrons. The molecule has 3 N–H and O–H groups in total. The van der Waals surface area contributed by atoms with Crippen molar-refractivity contribution in [3.8, 4) is 0 Å². The second-order valence-corrected chi connectivity index (χ2v) is 33.1. The number of hydrogen-bond acceptors (Lipinski definition) is 15. The van der Waals surface area contributed by atoms with Crippen LogP contribution in [0.1, 0.15) is 427 Å². The maximum Gasteiger partial charge on any atom is 0.472 e. The standard InChI is InChI=1S/C82H160O17P2/c1-8-12-13-14-15-16-17-18-19-27-32-37-42-51-58-66-82(87)99-78(70-93-80(85)64-57-50-45-44-48-55-62-75(7)11-4)72-97-101(90,91)95-68-76(83)67-94-100(88,89)96-71-77(98-81(86)65-59-52-43-38-33-28-23-21-25-30-35-40-47-54-61-74(6)10-3)69-92-79(84)63-56-49-41-36-31-26-22-20-24-29-34-39-46-53-60-73(5)9-2/h73-78,83H,8-72H2,1-7H3,(H,88,89)(H,90,91)/t73?,74?,75?,76-,77-,78-/m1/s1. The van der Waals surface area contributed by atoms with E-state index in [0.717, 1.165) is 114 Å². The van der Waals surface area contributed by atoms with Crippen molar-refractivity contribution in [2.75, 3.05) is 39.6 Å². The largest absolute Gasteiger partial charge is 0.472 e. The van der Waals surface area contributed by atoms with Crippen LogP contribution in [0, 0.1) is 17.8 Å². The number of carbonyl (C=O) groups excluding carboxylic acids is 4.